The summed E-state index contributed by atoms with van der Waals surface area (Å²) in [5.41, 5.74) is 0. The summed E-state index contributed by atoms with van der Waals surface area (Å²) in [5.74, 6) is 0. The summed E-state index contributed by atoms with van der Waals surface area (Å²) >= 11 is 0. The quantitative estimate of drug-likeness (QED) is 0.703. The zero-order chi connectivity index (χ0) is 10.4. The minimum atomic E-state index is 0.169. The van der Waals surface area contributed by atoms with Crippen LogP contribution < -0.4 is 5.32 Å². The molecule has 14 heavy (non-hydrogen) atoms. The zero-order valence-corrected chi connectivity index (χ0v) is 8.85. The van der Waals surface area contributed by atoms with Crippen LogP contribution in [0.25, 0.3) is 0 Å². The van der Waals surface area contributed by atoms with Crippen LogP contribution in [0.2, 0.25) is 0 Å². The molecular weight excluding hydrogens is 178 g/mol. The lowest BCUT2D eigenvalue weighted by molar-refractivity contribution is 0.239. The van der Waals surface area contributed by atoms with Crippen LogP contribution in [-0.2, 0) is 6.54 Å². The molecule has 0 saturated heterocycles. The van der Waals surface area contributed by atoms with Crippen molar-refractivity contribution in [1.29, 1.82) is 0 Å². The molecular formula is C10H19N3O. The van der Waals surface area contributed by atoms with Gasteiger partial charge < -0.3 is 10.4 Å². The zero-order valence-electron chi connectivity index (χ0n) is 8.85. The summed E-state index contributed by atoms with van der Waals surface area (Å²) in [6.45, 7) is 5.20. The Kier molecular flexibility index (Phi) is 4.62. The first-order valence-electron chi connectivity index (χ1n) is 5.06. The molecule has 0 aliphatic carbocycles. The number of hydrogen-bond acceptors (Lipinski definition) is 3. The van der Waals surface area contributed by atoms with Gasteiger partial charge in [0.15, 0.2) is 0 Å². The SMILES string of the molecule is CC(CCn1cccn1)N[C@@H](C)CO. The lowest BCUT2D eigenvalue weighted by atomic mass is 10.2. The molecule has 0 amide bonds. The van der Waals surface area contributed by atoms with E-state index in [1.807, 2.05) is 23.9 Å². The first kappa shape index (κ1) is 11.2. The Morgan fingerprint density at radius 2 is 2.21 bits per heavy atom. The lowest BCUT2D eigenvalue weighted by Gasteiger charge is -2.17. The van der Waals surface area contributed by atoms with Crippen LogP contribution in [0.4, 0.5) is 0 Å². The summed E-state index contributed by atoms with van der Waals surface area (Å²) in [7, 11) is 0. The van der Waals surface area contributed by atoms with Gasteiger partial charge in [-0.15, -0.1) is 0 Å². The van der Waals surface area contributed by atoms with Gasteiger partial charge in [0.25, 0.3) is 0 Å². The van der Waals surface area contributed by atoms with E-state index >= 15 is 0 Å². The molecule has 1 rings (SSSR count). The van der Waals surface area contributed by atoms with Crippen LogP contribution in [0.3, 0.4) is 0 Å². The number of nitrogens with zero attached hydrogens (tertiary/aromatic N) is 2. The summed E-state index contributed by atoms with van der Waals surface area (Å²) in [5, 5.41) is 16.3. The molecule has 2 N–H and O–H groups in total. The molecule has 1 aromatic rings. The largest absolute Gasteiger partial charge is 0.395 e. The van der Waals surface area contributed by atoms with Crippen LogP contribution in [-0.4, -0.2) is 33.6 Å². The highest BCUT2D eigenvalue weighted by atomic mass is 16.3. The number of nitrogens with one attached hydrogen (secondary N) is 1. The van der Waals surface area contributed by atoms with Crippen molar-refractivity contribution >= 4 is 0 Å². The Labute approximate surface area is 84.9 Å². The van der Waals surface area contributed by atoms with Gasteiger partial charge in [0, 0.05) is 31.0 Å². The monoisotopic (exact) mass is 197 g/mol. The Hall–Kier alpha value is -0.870. The lowest BCUT2D eigenvalue weighted by Crippen LogP contribution is -2.37. The van der Waals surface area contributed by atoms with Gasteiger partial charge in [0.05, 0.1) is 6.61 Å². The minimum Gasteiger partial charge on any atom is -0.395 e. The second-order valence-electron chi connectivity index (χ2n) is 3.71. The molecule has 0 spiro atoms. The van der Waals surface area contributed by atoms with Crippen LogP contribution in [0.15, 0.2) is 18.5 Å². The van der Waals surface area contributed by atoms with E-state index in [2.05, 4.69) is 17.3 Å². The van der Waals surface area contributed by atoms with Gasteiger partial charge in [-0.05, 0) is 26.3 Å². The maximum atomic E-state index is 8.86. The van der Waals surface area contributed by atoms with Crippen molar-refractivity contribution in [3.63, 3.8) is 0 Å². The van der Waals surface area contributed by atoms with Gasteiger partial charge in [0.1, 0.15) is 0 Å². The first-order chi connectivity index (χ1) is 6.72. The van der Waals surface area contributed by atoms with E-state index in [9.17, 15) is 0 Å². The molecule has 1 heterocycles. The average Bonchev–Trinajstić information content (AvgIpc) is 2.67. The van der Waals surface area contributed by atoms with Crippen molar-refractivity contribution in [2.75, 3.05) is 6.61 Å². The molecule has 0 saturated carbocycles. The highest BCUT2D eigenvalue weighted by Crippen LogP contribution is 1.96. The highest BCUT2D eigenvalue weighted by molar-refractivity contribution is 4.78. The number of aliphatic hydroxyl groups excluding tert-OH is 1. The molecule has 1 unspecified atom stereocenters. The Balaban J connectivity index is 2.18. The minimum absolute atomic E-state index is 0.169. The topological polar surface area (TPSA) is 50.1 Å². The molecule has 0 aromatic carbocycles. The molecule has 0 radical (unpaired) electrons. The molecule has 0 bridgehead atoms. The normalized spacial score (nSPS) is 15.4. The van der Waals surface area contributed by atoms with Crippen LogP contribution >= 0.6 is 0 Å². The summed E-state index contributed by atoms with van der Waals surface area (Å²) in [4.78, 5) is 0. The highest BCUT2D eigenvalue weighted by Gasteiger charge is 2.05. The van der Waals surface area contributed by atoms with E-state index in [-0.39, 0.29) is 12.6 Å². The first-order valence-corrected chi connectivity index (χ1v) is 5.06. The van der Waals surface area contributed by atoms with E-state index < -0.39 is 0 Å². The van der Waals surface area contributed by atoms with Crippen LogP contribution in [0.5, 0.6) is 0 Å². The number of aromatic nitrogens is 2. The fraction of sp³-hybridized carbons (Fsp3) is 0.700. The fourth-order valence-corrected chi connectivity index (χ4v) is 1.38. The van der Waals surface area contributed by atoms with E-state index in [1.54, 1.807) is 6.20 Å². The number of hydrogen-bond donors (Lipinski definition) is 2. The maximum absolute atomic E-state index is 8.86. The van der Waals surface area contributed by atoms with E-state index in [0.717, 1.165) is 13.0 Å². The molecule has 1 aromatic heterocycles. The van der Waals surface area contributed by atoms with Gasteiger partial charge in [-0.3, -0.25) is 4.68 Å². The Bertz CT molecular complexity index is 236. The van der Waals surface area contributed by atoms with Gasteiger partial charge >= 0.3 is 0 Å². The average molecular weight is 197 g/mol. The van der Waals surface area contributed by atoms with Crippen molar-refractivity contribution in [2.24, 2.45) is 0 Å². The second-order valence-corrected chi connectivity index (χ2v) is 3.71. The van der Waals surface area contributed by atoms with Crippen molar-refractivity contribution in [3.8, 4) is 0 Å². The predicted molar refractivity (Wildman–Crippen MR) is 56.0 cm³/mol. The van der Waals surface area contributed by atoms with Crippen molar-refractivity contribution < 1.29 is 5.11 Å². The smallest absolute Gasteiger partial charge is 0.0582 e. The molecule has 80 valence electrons. The van der Waals surface area contributed by atoms with Crippen LogP contribution in [0, 0.1) is 0 Å². The van der Waals surface area contributed by atoms with Gasteiger partial charge in [-0.1, -0.05) is 0 Å². The molecule has 0 fully saturated rings. The third-order valence-corrected chi connectivity index (χ3v) is 2.19. The van der Waals surface area contributed by atoms with Gasteiger partial charge in [0.2, 0.25) is 0 Å². The maximum Gasteiger partial charge on any atom is 0.0582 e. The van der Waals surface area contributed by atoms with Crippen LogP contribution in [0.1, 0.15) is 20.3 Å². The molecule has 2 atom stereocenters. The fourth-order valence-electron chi connectivity index (χ4n) is 1.38. The summed E-state index contributed by atoms with van der Waals surface area (Å²) < 4.78 is 1.92. The molecule has 4 heteroatoms. The van der Waals surface area contributed by atoms with Gasteiger partial charge in [-0.25, -0.2) is 0 Å². The second kappa shape index (κ2) is 5.78. The standard InChI is InChI=1S/C10H19N3O/c1-9(12-10(2)8-14)4-7-13-6-3-5-11-13/h3,5-6,9-10,12,14H,4,7-8H2,1-2H3/t9?,10-/m0/s1. The summed E-state index contributed by atoms with van der Waals surface area (Å²) in [6.07, 6.45) is 4.77. The van der Waals surface area contributed by atoms with E-state index in [1.165, 1.54) is 0 Å². The van der Waals surface area contributed by atoms with Crippen molar-refractivity contribution in [1.82, 2.24) is 15.1 Å². The number of rotatable bonds is 6. The third kappa shape index (κ3) is 3.89. The van der Waals surface area contributed by atoms with E-state index in [4.69, 9.17) is 5.11 Å². The molecule has 4 nitrogen and oxygen atoms in total. The molecule has 0 aliphatic rings. The number of aliphatic hydroxyl groups is 1. The molecule has 0 aliphatic heterocycles. The van der Waals surface area contributed by atoms with Crippen molar-refractivity contribution in [2.45, 2.75) is 38.9 Å². The number of aryl methyl sites for hydroxylation is 1. The predicted octanol–water partition coefficient (Wildman–Crippen LogP) is 0.632. The third-order valence-electron chi connectivity index (χ3n) is 2.19. The van der Waals surface area contributed by atoms with Gasteiger partial charge in [-0.2, -0.15) is 5.10 Å². The summed E-state index contributed by atoms with van der Waals surface area (Å²) in [6, 6.07) is 2.50. The Morgan fingerprint density at radius 3 is 2.79 bits per heavy atom. The Morgan fingerprint density at radius 1 is 1.43 bits per heavy atom. The van der Waals surface area contributed by atoms with Crippen molar-refractivity contribution in [3.05, 3.63) is 18.5 Å². The van der Waals surface area contributed by atoms with E-state index in [0.29, 0.717) is 6.04 Å².